The molecular formula is C18H20N4O2S. The van der Waals surface area contributed by atoms with Crippen molar-refractivity contribution in [2.75, 3.05) is 0 Å². The molecule has 2 heterocycles. The first-order valence-electron chi connectivity index (χ1n) is 8.27. The number of carboxylic acid groups (broad SMARTS) is 1. The molecule has 3 aromatic rings. The van der Waals surface area contributed by atoms with Gasteiger partial charge in [0.05, 0.1) is 0 Å². The Balaban J connectivity index is 1.92. The van der Waals surface area contributed by atoms with Gasteiger partial charge in [-0.15, -0.1) is 10.2 Å². The predicted molar refractivity (Wildman–Crippen MR) is 97.8 cm³/mol. The molecule has 0 radical (unpaired) electrons. The van der Waals surface area contributed by atoms with E-state index in [4.69, 9.17) is 0 Å². The average Bonchev–Trinajstić information content (AvgIpc) is 3.02. The highest BCUT2D eigenvalue weighted by Crippen LogP contribution is 2.26. The standard InChI is InChI=1S/C18H20N4O2S/c1-3-4-5-14(18(23)24)25-16-11-10-15-19-20-17(22(15)21-16)13-8-6-12(2)7-9-13/h6-11,14H,3-5H2,1-2H3,(H,23,24)/t14-/m1/s1. The van der Waals surface area contributed by atoms with Gasteiger partial charge in [-0.05, 0) is 25.5 Å². The van der Waals surface area contributed by atoms with E-state index in [1.807, 2.05) is 37.3 Å². The summed E-state index contributed by atoms with van der Waals surface area (Å²) in [5.74, 6) is -0.152. The van der Waals surface area contributed by atoms with Crippen molar-refractivity contribution in [1.82, 2.24) is 19.8 Å². The second-order valence-electron chi connectivity index (χ2n) is 5.92. The van der Waals surface area contributed by atoms with E-state index in [9.17, 15) is 9.90 Å². The Bertz CT molecular complexity index is 876. The quantitative estimate of drug-likeness (QED) is 0.648. The summed E-state index contributed by atoms with van der Waals surface area (Å²) in [4.78, 5) is 11.5. The summed E-state index contributed by atoms with van der Waals surface area (Å²) in [5, 5.41) is 22.5. The van der Waals surface area contributed by atoms with Crippen LogP contribution >= 0.6 is 11.8 Å². The Morgan fingerprint density at radius 1 is 1.20 bits per heavy atom. The number of aliphatic carboxylic acids is 1. The van der Waals surface area contributed by atoms with Crippen LogP contribution in [0.15, 0.2) is 41.4 Å². The molecule has 0 amide bonds. The Labute approximate surface area is 150 Å². The van der Waals surface area contributed by atoms with Crippen molar-refractivity contribution in [1.29, 1.82) is 0 Å². The smallest absolute Gasteiger partial charge is 0.317 e. The fraction of sp³-hybridized carbons (Fsp3) is 0.333. The number of unbranched alkanes of at least 4 members (excludes halogenated alkanes) is 1. The summed E-state index contributed by atoms with van der Waals surface area (Å²) in [6.07, 6.45) is 2.48. The van der Waals surface area contributed by atoms with Crippen molar-refractivity contribution in [2.45, 2.75) is 43.4 Å². The third-order valence-electron chi connectivity index (χ3n) is 3.91. The van der Waals surface area contributed by atoms with Gasteiger partial charge >= 0.3 is 5.97 Å². The average molecular weight is 356 g/mol. The first-order chi connectivity index (χ1) is 12.1. The molecule has 0 aliphatic heterocycles. The number of benzene rings is 1. The van der Waals surface area contributed by atoms with E-state index < -0.39 is 11.2 Å². The minimum absolute atomic E-state index is 0.496. The molecule has 0 saturated carbocycles. The molecule has 7 heteroatoms. The summed E-state index contributed by atoms with van der Waals surface area (Å²) in [5.41, 5.74) is 2.73. The van der Waals surface area contributed by atoms with Crippen LogP contribution in [0.4, 0.5) is 0 Å². The fourth-order valence-electron chi connectivity index (χ4n) is 2.49. The van der Waals surface area contributed by atoms with E-state index in [2.05, 4.69) is 22.2 Å². The van der Waals surface area contributed by atoms with Crippen molar-refractivity contribution in [3.8, 4) is 11.4 Å². The zero-order valence-electron chi connectivity index (χ0n) is 14.2. The first kappa shape index (κ1) is 17.4. The minimum atomic E-state index is -0.803. The number of hydrogen-bond donors (Lipinski definition) is 1. The lowest BCUT2D eigenvalue weighted by molar-refractivity contribution is -0.136. The second-order valence-corrected chi connectivity index (χ2v) is 7.14. The SMILES string of the molecule is CCCC[C@@H](Sc1ccc2nnc(-c3ccc(C)cc3)n2n1)C(=O)O. The molecule has 0 unspecified atom stereocenters. The van der Waals surface area contributed by atoms with Crippen LogP contribution in [0.3, 0.4) is 0 Å². The van der Waals surface area contributed by atoms with E-state index in [-0.39, 0.29) is 0 Å². The van der Waals surface area contributed by atoms with Crippen molar-refractivity contribution in [2.24, 2.45) is 0 Å². The number of fused-ring (bicyclic) bond motifs is 1. The van der Waals surface area contributed by atoms with Gasteiger partial charge in [0.1, 0.15) is 10.3 Å². The van der Waals surface area contributed by atoms with Gasteiger partial charge in [0.25, 0.3) is 0 Å². The van der Waals surface area contributed by atoms with Crippen LogP contribution in [0.2, 0.25) is 0 Å². The number of carboxylic acids is 1. The van der Waals surface area contributed by atoms with Gasteiger partial charge in [-0.3, -0.25) is 4.79 Å². The molecule has 3 rings (SSSR count). The van der Waals surface area contributed by atoms with Crippen LogP contribution in [0.5, 0.6) is 0 Å². The molecule has 0 saturated heterocycles. The van der Waals surface area contributed by atoms with E-state index in [0.29, 0.717) is 22.9 Å². The normalized spacial score (nSPS) is 12.4. The monoisotopic (exact) mass is 356 g/mol. The second kappa shape index (κ2) is 7.65. The maximum atomic E-state index is 11.5. The third kappa shape index (κ3) is 3.99. The summed E-state index contributed by atoms with van der Waals surface area (Å²) in [7, 11) is 0. The van der Waals surface area contributed by atoms with Gasteiger partial charge < -0.3 is 5.11 Å². The fourth-order valence-corrected chi connectivity index (χ4v) is 3.44. The van der Waals surface area contributed by atoms with E-state index in [0.717, 1.165) is 18.4 Å². The van der Waals surface area contributed by atoms with Gasteiger partial charge in [0.2, 0.25) is 0 Å². The van der Waals surface area contributed by atoms with E-state index in [1.54, 1.807) is 10.6 Å². The Morgan fingerprint density at radius 3 is 2.64 bits per heavy atom. The summed E-state index contributed by atoms with van der Waals surface area (Å²) < 4.78 is 1.67. The number of aromatic nitrogens is 4. The zero-order valence-corrected chi connectivity index (χ0v) is 15.0. The van der Waals surface area contributed by atoms with Crippen LogP contribution < -0.4 is 0 Å². The maximum Gasteiger partial charge on any atom is 0.317 e. The Hall–Kier alpha value is -2.41. The maximum absolute atomic E-state index is 11.5. The minimum Gasteiger partial charge on any atom is -0.480 e. The summed E-state index contributed by atoms with van der Waals surface area (Å²) in [6, 6.07) is 11.6. The Kier molecular flexibility index (Phi) is 5.33. The molecule has 0 aliphatic carbocycles. The number of thioether (sulfide) groups is 1. The number of rotatable bonds is 7. The molecule has 0 bridgehead atoms. The lowest BCUT2D eigenvalue weighted by atomic mass is 10.1. The largest absolute Gasteiger partial charge is 0.480 e. The van der Waals surface area contributed by atoms with Gasteiger partial charge in [-0.25, -0.2) is 0 Å². The molecule has 0 spiro atoms. The molecular weight excluding hydrogens is 336 g/mol. The first-order valence-corrected chi connectivity index (χ1v) is 9.15. The topological polar surface area (TPSA) is 80.4 Å². The van der Waals surface area contributed by atoms with Gasteiger partial charge in [-0.2, -0.15) is 9.61 Å². The lowest BCUT2D eigenvalue weighted by Crippen LogP contribution is -2.16. The highest BCUT2D eigenvalue weighted by molar-refractivity contribution is 8.00. The lowest BCUT2D eigenvalue weighted by Gasteiger charge is -2.11. The van der Waals surface area contributed by atoms with Crippen LogP contribution in [-0.4, -0.2) is 36.1 Å². The highest BCUT2D eigenvalue weighted by Gasteiger charge is 2.20. The number of hydrogen-bond acceptors (Lipinski definition) is 5. The van der Waals surface area contributed by atoms with Crippen LogP contribution in [-0.2, 0) is 4.79 Å². The number of carbonyl (C=O) groups is 1. The van der Waals surface area contributed by atoms with Crippen molar-refractivity contribution < 1.29 is 9.90 Å². The zero-order chi connectivity index (χ0) is 17.8. The van der Waals surface area contributed by atoms with E-state index in [1.165, 1.54) is 17.3 Å². The van der Waals surface area contributed by atoms with Gasteiger partial charge in [-0.1, -0.05) is 61.4 Å². The molecule has 1 atom stereocenters. The highest BCUT2D eigenvalue weighted by atomic mass is 32.2. The molecule has 25 heavy (non-hydrogen) atoms. The number of aryl methyl sites for hydroxylation is 1. The summed E-state index contributed by atoms with van der Waals surface area (Å²) >= 11 is 1.27. The van der Waals surface area contributed by atoms with Crippen LogP contribution in [0, 0.1) is 6.92 Å². The summed E-state index contributed by atoms with van der Waals surface area (Å²) in [6.45, 7) is 4.08. The molecule has 1 aromatic carbocycles. The van der Waals surface area contributed by atoms with Gasteiger partial charge in [0.15, 0.2) is 11.5 Å². The van der Waals surface area contributed by atoms with Crippen molar-refractivity contribution in [3.63, 3.8) is 0 Å². The Morgan fingerprint density at radius 2 is 1.96 bits per heavy atom. The molecule has 0 aliphatic rings. The molecule has 0 fully saturated rings. The van der Waals surface area contributed by atoms with Gasteiger partial charge in [0, 0.05) is 5.56 Å². The molecule has 130 valence electrons. The predicted octanol–water partition coefficient (Wildman–Crippen LogP) is 3.84. The molecule has 6 nitrogen and oxygen atoms in total. The number of nitrogens with zero attached hydrogens (tertiary/aromatic N) is 4. The van der Waals surface area contributed by atoms with E-state index >= 15 is 0 Å². The molecule has 1 N–H and O–H groups in total. The van der Waals surface area contributed by atoms with Crippen molar-refractivity contribution in [3.05, 3.63) is 42.0 Å². The third-order valence-corrected chi connectivity index (χ3v) is 5.09. The van der Waals surface area contributed by atoms with Crippen LogP contribution in [0.1, 0.15) is 31.7 Å². The molecule has 2 aromatic heterocycles. The van der Waals surface area contributed by atoms with Crippen LogP contribution in [0.25, 0.3) is 17.0 Å². The van der Waals surface area contributed by atoms with Crippen molar-refractivity contribution >= 4 is 23.4 Å².